The third-order valence-electron chi connectivity index (χ3n) is 4.11. The molecule has 0 bridgehead atoms. The number of rotatable bonds is 5. The predicted molar refractivity (Wildman–Crippen MR) is 98.3 cm³/mol. The quantitative estimate of drug-likeness (QED) is 0.723. The van der Waals surface area contributed by atoms with E-state index in [2.05, 4.69) is 21.2 Å². The van der Waals surface area contributed by atoms with E-state index in [9.17, 15) is 18.0 Å². The summed E-state index contributed by atoms with van der Waals surface area (Å²) in [5.41, 5.74) is -1.59. The Labute approximate surface area is 156 Å². The van der Waals surface area contributed by atoms with Crippen LogP contribution in [0.4, 0.5) is 4.79 Å². The van der Waals surface area contributed by atoms with Gasteiger partial charge in [-0.2, -0.15) is 0 Å². The maximum atomic E-state index is 12.5. The second-order valence-electron chi connectivity index (χ2n) is 7.08. The fourth-order valence-corrected chi connectivity index (χ4v) is 5.18. The van der Waals surface area contributed by atoms with E-state index in [0.29, 0.717) is 11.8 Å². The van der Waals surface area contributed by atoms with Gasteiger partial charge >= 0.3 is 6.09 Å². The van der Waals surface area contributed by atoms with Gasteiger partial charge in [-0.15, -0.1) is 0 Å². The van der Waals surface area contributed by atoms with Gasteiger partial charge in [-0.25, -0.2) is 13.2 Å². The minimum absolute atomic E-state index is 0.115. The van der Waals surface area contributed by atoms with E-state index >= 15 is 0 Å². The van der Waals surface area contributed by atoms with Crippen molar-refractivity contribution in [2.75, 3.05) is 5.75 Å². The van der Waals surface area contributed by atoms with Crippen LogP contribution in [0.1, 0.15) is 39.2 Å². The van der Waals surface area contributed by atoms with Crippen molar-refractivity contribution >= 4 is 38.1 Å². The summed E-state index contributed by atoms with van der Waals surface area (Å²) in [4.78, 5) is 24.0. The van der Waals surface area contributed by atoms with Gasteiger partial charge in [-0.05, 0) is 38.5 Å². The van der Waals surface area contributed by atoms with Crippen molar-refractivity contribution in [1.29, 1.82) is 0 Å². The molecule has 0 spiro atoms. The molecular weight excluding hydrogens is 410 g/mol. The first-order valence-corrected chi connectivity index (χ1v) is 10.4. The van der Waals surface area contributed by atoms with E-state index in [-0.39, 0.29) is 5.75 Å². The largest absolute Gasteiger partial charge is 0.444 e. The Kier molecular flexibility index (Phi) is 5.35. The topological polar surface area (TPSA) is 89.5 Å². The van der Waals surface area contributed by atoms with Crippen molar-refractivity contribution in [3.8, 4) is 0 Å². The monoisotopic (exact) mass is 431 g/mol. The Morgan fingerprint density at radius 2 is 1.88 bits per heavy atom. The van der Waals surface area contributed by atoms with Crippen molar-refractivity contribution in [2.24, 2.45) is 0 Å². The average molecular weight is 432 g/mol. The number of sulfone groups is 1. The molecule has 0 saturated heterocycles. The molecule has 1 aliphatic rings. The van der Waals surface area contributed by atoms with Crippen LogP contribution in [0.5, 0.6) is 0 Å². The first-order valence-electron chi connectivity index (χ1n) is 7.91. The normalized spacial score (nSPS) is 26.0. The highest BCUT2D eigenvalue weighted by atomic mass is 79.9. The summed E-state index contributed by atoms with van der Waals surface area (Å²) in [7, 11) is -3.55. The van der Waals surface area contributed by atoms with Crippen LogP contribution in [0.3, 0.4) is 0 Å². The molecule has 1 fully saturated rings. The van der Waals surface area contributed by atoms with E-state index in [1.165, 1.54) is 6.92 Å². The number of hydrogen-bond donors (Lipinski definition) is 1. The van der Waals surface area contributed by atoms with E-state index in [1.807, 2.05) is 0 Å². The fraction of sp³-hybridized carbons (Fsp3) is 0.529. The van der Waals surface area contributed by atoms with Crippen LogP contribution < -0.4 is 5.32 Å². The zero-order chi connectivity index (χ0) is 19.0. The Hall–Kier alpha value is -1.41. The molecule has 1 aliphatic carbocycles. The van der Waals surface area contributed by atoms with Crippen LogP contribution in [0.25, 0.3) is 0 Å². The number of carbonyl (C=O) groups is 2. The molecule has 0 unspecified atom stereocenters. The van der Waals surface area contributed by atoms with Crippen molar-refractivity contribution < 1.29 is 22.7 Å². The van der Waals surface area contributed by atoms with Gasteiger partial charge in [0.2, 0.25) is 0 Å². The van der Waals surface area contributed by atoms with Gasteiger partial charge in [0.1, 0.15) is 22.7 Å². The summed E-state index contributed by atoms with van der Waals surface area (Å²) < 4.78 is 31.0. The standard InChI is InChI=1S/C17H22BrNO5S/c1-5-25(22,23)14-13(11-6-8-12(18)9-7-11)17(14,10-20)19-15(21)24-16(2,3)4/h6-10,13-14H,5H2,1-4H3,(H,19,21)/t13-,14-,17-/m1/s1. The van der Waals surface area contributed by atoms with Crippen molar-refractivity contribution in [2.45, 2.75) is 50.0 Å². The van der Waals surface area contributed by atoms with Crippen LogP contribution in [0.2, 0.25) is 0 Å². The van der Waals surface area contributed by atoms with Crippen LogP contribution >= 0.6 is 15.9 Å². The molecule has 0 radical (unpaired) electrons. The van der Waals surface area contributed by atoms with Crippen molar-refractivity contribution in [3.63, 3.8) is 0 Å². The Morgan fingerprint density at radius 1 is 1.32 bits per heavy atom. The number of amides is 1. The number of halogens is 1. The maximum Gasteiger partial charge on any atom is 0.408 e. The number of ether oxygens (including phenoxy) is 1. The lowest BCUT2D eigenvalue weighted by atomic mass is 10.1. The number of nitrogens with one attached hydrogen (secondary N) is 1. The van der Waals surface area contributed by atoms with E-state index in [1.54, 1.807) is 45.0 Å². The third kappa shape index (κ3) is 4.06. The molecular formula is C17H22BrNO5S. The Morgan fingerprint density at radius 3 is 2.32 bits per heavy atom. The molecule has 8 heteroatoms. The molecule has 0 heterocycles. The molecule has 1 amide bonds. The number of carbonyl (C=O) groups excluding carboxylic acids is 2. The van der Waals surface area contributed by atoms with Gasteiger partial charge in [-0.1, -0.05) is 35.0 Å². The van der Waals surface area contributed by atoms with Gasteiger partial charge in [0.25, 0.3) is 0 Å². The average Bonchev–Trinajstić information content (AvgIpc) is 3.15. The van der Waals surface area contributed by atoms with Gasteiger partial charge in [-0.3, -0.25) is 0 Å². The van der Waals surface area contributed by atoms with E-state index in [4.69, 9.17) is 4.74 Å². The second-order valence-corrected chi connectivity index (χ2v) is 10.4. The first kappa shape index (κ1) is 19.9. The van der Waals surface area contributed by atoms with Gasteiger partial charge in [0.15, 0.2) is 9.84 Å². The highest BCUT2D eigenvalue weighted by Gasteiger charge is 2.72. The van der Waals surface area contributed by atoms with Crippen molar-refractivity contribution in [3.05, 3.63) is 34.3 Å². The lowest BCUT2D eigenvalue weighted by Gasteiger charge is -2.22. The number of benzene rings is 1. The van der Waals surface area contributed by atoms with Crippen molar-refractivity contribution in [1.82, 2.24) is 5.32 Å². The first-order chi connectivity index (χ1) is 11.5. The number of alkyl carbamates (subject to hydrolysis) is 1. The highest BCUT2D eigenvalue weighted by molar-refractivity contribution is 9.10. The summed E-state index contributed by atoms with van der Waals surface area (Å²) in [6.45, 7) is 6.61. The molecule has 0 aromatic heterocycles. The van der Waals surface area contributed by atoms with Gasteiger partial charge in [0, 0.05) is 16.1 Å². The molecule has 6 nitrogen and oxygen atoms in total. The van der Waals surface area contributed by atoms with Crippen LogP contribution in [0.15, 0.2) is 28.7 Å². The summed E-state index contributed by atoms with van der Waals surface area (Å²) in [6.07, 6.45) is -0.294. The fourth-order valence-electron chi connectivity index (χ4n) is 2.98. The molecule has 2 rings (SSSR count). The van der Waals surface area contributed by atoms with E-state index in [0.717, 1.165) is 4.47 Å². The Bertz CT molecular complexity index is 769. The summed E-state index contributed by atoms with van der Waals surface area (Å²) in [6, 6.07) is 7.03. The predicted octanol–water partition coefficient (Wildman–Crippen LogP) is 2.81. The number of hydrogen-bond acceptors (Lipinski definition) is 5. The molecule has 1 aromatic carbocycles. The highest BCUT2D eigenvalue weighted by Crippen LogP contribution is 2.55. The molecule has 0 aliphatic heterocycles. The molecule has 138 valence electrons. The lowest BCUT2D eigenvalue weighted by Crippen LogP contribution is -2.45. The second kappa shape index (κ2) is 6.72. The molecule has 25 heavy (non-hydrogen) atoms. The van der Waals surface area contributed by atoms with Crippen LogP contribution in [-0.2, 0) is 19.4 Å². The number of aldehydes is 1. The van der Waals surface area contributed by atoms with Gasteiger partial charge < -0.3 is 14.8 Å². The van der Waals surface area contributed by atoms with Crippen LogP contribution in [-0.4, -0.2) is 42.9 Å². The molecule has 1 saturated carbocycles. The molecule has 1 aromatic rings. The zero-order valence-corrected chi connectivity index (χ0v) is 17.0. The summed E-state index contributed by atoms with van der Waals surface area (Å²) in [5, 5.41) is 1.50. The summed E-state index contributed by atoms with van der Waals surface area (Å²) >= 11 is 3.32. The minimum Gasteiger partial charge on any atom is -0.444 e. The lowest BCUT2D eigenvalue weighted by molar-refractivity contribution is -0.110. The maximum absolute atomic E-state index is 12.5. The molecule has 1 N–H and O–H groups in total. The van der Waals surface area contributed by atoms with E-state index < -0.39 is 38.2 Å². The minimum atomic E-state index is -3.55. The Balaban J connectivity index is 2.40. The smallest absolute Gasteiger partial charge is 0.408 e. The summed E-state index contributed by atoms with van der Waals surface area (Å²) in [5.74, 6) is -0.758. The zero-order valence-electron chi connectivity index (χ0n) is 14.6. The van der Waals surface area contributed by atoms with Crippen LogP contribution in [0, 0.1) is 0 Å². The molecule has 3 atom stereocenters. The SMILES string of the molecule is CCS(=O)(=O)[C@@H]1[C@@H](c2ccc(Br)cc2)[C@@]1(C=O)NC(=O)OC(C)(C)C. The van der Waals surface area contributed by atoms with Gasteiger partial charge in [0.05, 0.1) is 0 Å². The third-order valence-corrected chi connectivity index (χ3v) is 6.88.